The highest BCUT2D eigenvalue weighted by Gasteiger charge is 2.29. The Morgan fingerprint density at radius 1 is 1.30 bits per heavy atom. The van der Waals surface area contributed by atoms with Crippen LogP contribution < -0.4 is 5.32 Å². The molecule has 4 nitrogen and oxygen atoms in total. The van der Waals surface area contributed by atoms with Gasteiger partial charge in [0.25, 0.3) is 0 Å². The molecule has 1 saturated heterocycles. The summed E-state index contributed by atoms with van der Waals surface area (Å²) < 4.78 is 6.61. The summed E-state index contributed by atoms with van der Waals surface area (Å²) in [6.07, 6.45) is 1.06. The van der Waals surface area contributed by atoms with E-state index in [0.717, 1.165) is 28.9 Å². The van der Waals surface area contributed by atoms with E-state index in [0.29, 0.717) is 17.8 Å². The smallest absolute Gasteiger partial charge is 0.231 e. The molecule has 2 unspecified atom stereocenters. The fraction of sp³-hybridized carbons (Fsp3) is 0.467. The molecule has 1 aromatic heterocycles. The molecule has 1 aliphatic heterocycles. The van der Waals surface area contributed by atoms with Gasteiger partial charge in [0.15, 0.2) is 0 Å². The number of nitrogens with zero attached hydrogens (tertiary/aromatic N) is 2. The Morgan fingerprint density at radius 3 is 2.60 bits per heavy atom. The molecule has 3 rings (SSSR count). The van der Waals surface area contributed by atoms with Gasteiger partial charge < -0.3 is 9.84 Å². The molecule has 20 heavy (non-hydrogen) atoms. The van der Waals surface area contributed by atoms with Crippen LogP contribution in [0.5, 0.6) is 0 Å². The first kappa shape index (κ1) is 13.8. The first-order valence-electron chi connectivity index (χ1n) is 6.90. The largest absolute Gasteiger partial charge is 0.339 e. The molecule has 5 heteroatoms. The van der Waals surface area contributed by atoms with Gasteiger partial charge in [-0.3, -0.25) is 0 Å². The second-order valence-electron chi connectivity index (χ2n) is 5.52. The molecule has 1 aliphatic rings. The van der Waals surface area contributed by atoms with Crippen molar-refractivity contribution < 1.29 is 4.52 Å². The van der Waals surface area contributed by atoms with E-state index >= 15 is 0 Å². The summed E-state index contributed by atoms with van der Waals surface area (Å²) in [5.74, 6) is 1.75. The summed E-state index contributed by atoms with van der Waals surface area (Å²) >= 11 is 3.58. The van der Waals surface area contributed by atoms with Crippen LogP contribution in [0.15, 0.2) is 21.1 Å². The lowest BCUT2D eigenvalue weighted by atomic mass is 10.0. The van der Waals surface area contributed by atoms with Crippen molar-refractivity contribution in [1.29, 1.82) is 0 Å². The molecule has 0 radical (unpaired) electrons. The quantitative estimate of drug-likeness (QED) is 0.911. The molecular weight excluding hydrogens is 318 g/mol. The van der Waals surface area contributed by atoms with Crippen LogP contribution in [0, 0.1) is 13.8 Å². The van der Waals surface area contributed by atoms with E-state index in [-0.39, 0.29) is 0 Å². The number of hydrogen-bond acceptors (Lipinski definition) is 4. The predicted octanol–water partition coefficient (Wildman–Crippen LogP) is 3.58. The van der Waals surface area contributed by atoms with Gasteiger partial charge in [0.2, 0.25) is 11.7 Å². The summed E-state index contributed by atoms with van der Waals surface area (Å²) in [7, 11) is 0. The Hall–Kier alpha value is -1.20. The molecule has 1 aromatic carbocycles. The normalized spacial score (nSPS) is 22.4. The average Bonchev–Trinajstić information content (AvgIpc) is 3.03. The number of aryl methyl sites for hydroxylation is 2. The van der Waals surface area contributed by atoms with E-state index in [1.807, 2.05) is 0 Å². The zero-order valence-electron chi connectivity index (χ0n) is 11.9. The third-order valence-corrected chi connectivity index (χ3v) is 5.23. The maximum Gasteiger partial charge on any atom is 0.231 e. The van der Waals surface area contributed by atoms with Crippen LogP contribution in [-0.4, -0.2) is 22.7 Å². The fourth-order valence-corrected chi connectivity index (χ4v) is 3.00. The maximum absolute atomic E-state index is 5.47. The minimum Gasteiger partial charge on any atom is -0.339 e. The van der Waals surface area contributed by atoms with Gasteiger partial charge in [-0.2, -0.15) is 4.98 Å². The monoisotopic (exact) mass is 335 g/mol. The van der Waals surface area contributed by atoms with Crippen molar-refractivity contribution >= 4 is 15.9 Å². The van der Waals surface area contributed by atoms with Crippen LogP contribution in [-0.2, 0) is 0 Å². The first-order chi connectivity index (χ1) is 9.56. The molecule has 1 fully saturated rings. The topological polar surface area (TPSA) is 51.0 Å². The SMILES string of the molecule is Cc1cc(-c2noc(C3CCNC3C)n2)cc(C)c1Br. The molecule has 0 saturated carbocycles. The number of aromatic nitrogens is 2. The van der Waals surface area contributed by atoms with Gasteiger partial charge in [-0.1, -0.05) is 21.1 Å². The van der Waals surface area contributed by atoms with E-state index in [1.165, 1.54) is 11.1 Å². The standard InChI is InChI=1S/C15H18BrN3O/c1-8-6-11(7-9(2)13(8)16)14-18-15(20-19-14)12-4-5-17-10(12)3/h6-7,10,12,17H,4-5H2,1-3H3. The van der Waals surface area contributed by atoms with Gasteiger partial charge in [0, 0.05) is 16.1 Å². The Kier molecular flexibility index (Phi) is 3.65. The van der Waals surface area contributed by atoms with Crippen molar-refractivity contribution in [2.24, 2.45) is 0 Å². The zero-order chi connectivity index (χ0) is 14.3. The lowest BCUT2D eigenvalue weighted by Gasteiger charge is -2.08. The number of halogens is 1. The Morgan fingerprint density at radius 2 is 2.00 bits per heavy atom. The zero-order valence-corrected chi connectivity index (χ0v) is 13.5. The Bertz CT molecular complexity index is 615. The molecule has 2 atom stereocenters. The first-order valence-corrected chi connectivity index (χ1v) is 7.69. The fourth-order valence-electron chi connectivity index (χ4n) is 2.77. The highest BCUT2D eigenvalue weighted by molar-refractivity contribution is 9.10. The van der Waals surface area contributed by atoms with Gasteiger partial charge >= 0.3 is 0 Å². The summed E-state index contributed by atoms with van der Waals surface area (Å²) in [5.41, 5.74) is 3.38. The number of hydrogen-bond donors (Lipinski definition) is 1. The summed E-state index contributed by atoms with van der Waals surface area (Å²) in [6.45, 7) is 7.32. The van der Waals surface area contributed by atoms with Gasteiger partial charge in [-0.15, -0.1) is 0 Å². The van der Waals surface area contributed by atoms with Crippen LogP contribution in [0.25, 0.3) is 11.4 Å². The van der Waals surface area contributed by atoms with Crippen molar-refractivity contribution in [3.8, 4) is 11.4 Å². The molecule has 1 N–H and O–H groups in total. The molecule has 0 aliphatic carbocycles. The van der Waals surface area contributed by atoms with Crippen molar-refractivity contribution in [2.75, 3.05) is 6.54 Å². The van der Waals surface area contributed by atoms with Gasteiger partial charge in [-0.25, -0.2) is 0 Å². The lowest BCUT2D eigenvalue weighted by Crippen LogP contribution is -2.21. The van der Waals surface area contributed by atoms with Crippen LogP contribution in [0.2, 0.25) is 0 Å². The molecular formula is C15H18BrN3O. The van der Waals surface area contributed by atoms with Crippen molar-refractivity contribution in [3.05, 3.63) is 33.6 Å². The van der Waals surface area contributed by atoms with Crippen LogP contribution >= 0.6 is 15.9 Å². The minimum atomic E-state index is 0.328. The van der Waals surface area contributed by atoms with Crippen LogP contribution in [0.1, 0.15) is 36.3 Å². The average molecular weight is 336 g/mol. The summed E-state index contributed by atoms with van der Waals surface area (Å²) in [6, 6.07) is 4.57. The molecule has 106 valence electrons. The third kappa shape index (κ3) is 2.40. The van der Waals surface area contributed by atoms with Crippen LogP contribution in [0.4, 0.5) is 0 Å². The second-order valence-corrected chi connectivity index (χ2v) is 6.31. The Labute approximate surface area is 127 Å². The minimum absolute atomic E-state index is 0.328. The van der Waals surface area contributed by atoms with Crippen molar-refractivity contribution in [1.82, 2.24) is 15.5 Å². The van der Waals surface area contributed by atoms with Crippen LogP contribution in [0.3, 0.4) is 0 Å². The molecule has 0 bridgehead atoms. The molecule has 0 spiro atoms. The molecule has 2 heterocycles. The summed E-state index contributed by atoms with van der Waals surface area (Å²) in [4.78, 5) is 4.59. The van der Waals surface area contributed by atoms with Gasteiger partial charge in [0.1, 0.15) is 0 Å². The Balaban J connectivity index is 1.94. The summed E-state index contributed by atoms with van der Waals surface area (Å²) in [5, 5.41) is 7.56. The third-order valence-electron chi connectivity index (χ3n) is 3.98. The number of nitrogens with one attached hydrogen (secondary N) is 1. The predicted molar refractivity (Wildman–Crippen MR) is 81.7 cm³/mol. The van der Waals surface area contributed by atoms with Gasteiger partial charge in [-0.05, 0) is 57.0 Å². The van der Waals surface area contributed by atoms with E-state index < -0.39 is 0 Å². The highest BCUT2D eigenvalue weighted by Crippen LogP contribution is 2.30. The van der Waals surface area contributed by atoms with Gasteiger partial charge in [0.05, 0.1) is 5.92 Å². The van der Waals surface area contributed by atoms with E-state index in [4.69, 9.17) is 4.52 Å². The maximum atomic E-state index is 5.47. The van der Waals surface area contributed by atoms with Crippen molar-refractivity contribution in [3.63, 3.8) is 0 Å². The highest BCUT2D eigenvalue weighted by atomic mass is 79.9. The van der Waals surface area contributed by atoms with E-state index in [9.17, 15) is 0 Å². The number of benzene rings is 1. The number of rotatable bonds is 2. The second kappa shape index (κ2) is 5.30. The molecule has 2 aromatic rings. The lowest BCUT2D eigenvalue weighted by molar-refractivity contribution is 0.345. The van der Waals surface area contributed by atoms with E-state index in [1.54, 1.807) is 0 Å². The van der Waals surface area contributed by atoms with E-state index in [2.05, 4.69) is 64.3 Å². The van der Waals surface area contributed by atoms with Crippen molar-refractivity contribution in [2.45, 2.75) is 39.2 Å². The molecule has 0 amide bonds.